The standard InChI is InChI=1S/C20H31N5O4/c1-14-4-2-3-7-20(14)18(28)25(19(29)22-20)13-17(27)24-10-8-23(9-11-24)12-16(26)21-15-5-6-15/h14-15H,2-13H2,1H3,(H,21,26)(H,22,29)/t14-,20-/m0/s1. The van der Waals surface area contributed by atoms with Gasteiger partial charge in [0.05, 0.1) is 6.54 Å². The lowest BCUT2D eigenvalue weighted by Crippen LogP contribution is -2.55. The summed E-state index contributed by atoms with van der Waals surface area (Å²) in [6.07, 6.45) is 5.66. The Labute approximate surface area is 171 Å². The molecule has 2 aliphatic heterocycles. The molecule has 2 heterocycles. The van der Waals surface area contributed by atoms with Crippen molar-refractivity contribution in [2.24, 2.45) is 5.92 Å². The van der Waals surface area contributed by atoms with Crippen molar-refractivity contribution in [3.63, 3.8) is 0 Å². The summed E-state index contributed by atoms with van der Waals surface area (Å²) in [6.45, 7) is 4.38. The van der Waals surface area contributed by atoms with Crippen LogP contribution >= 0.6 is 0 Å². The number of hydrogen-bond donors (Lipinski definition) is 2. The highest BCUT2D eigenvalue weighted by molar-refractivity contribution is 6.09. The van der Waals surface area contributed by atoms with Crippen molar-refractivity contribution < 1.29 is 19.2 Å². The number of carbonyl (C=O) groups excluding carboxylic acids is 4. The van der Waals surface area contributed by atoms with Crippen LogP contribution in [0.3, 0.4) is 0 Å². The lowest BCUT2D eigenvalue weighted by molar-refractivity contribution is -0.141. The van der Waals surface area contributed by atoms with Gasteiger partial charge in [0.1, 0.15) is 12.1 Å². The van der Waals surface area contributed by atoms with Crippen molar-refractivity contribution in [2.75, 3.05) is 39.3 Å². The molecule has 5 amide bonds. The quantitative estimate of drug-likeness (QED) is 0.623. The van der Waals surface area contributed by atoms with Crippen molar-refractivity contribution in [1.29, 1.82) is 0 Å². The minimum atomic E-state index is -0.830. The first kappa shape index (κ1) is 20.1. The molecule has 2 aliphatic carbocycles. The smallest absolute Gasteiger partial charge is 0.325 e. The molecule has 0 aromatic heterocycles. The number of piperazine rings is 1. The van der Waals surface area contributed by atoms with Crippen LogP contribution in [-0.4, -0.2) is 89.3 Å². The van der Waals surface area contributed by atoms with Gasteiger partial charge in [0.2, 0.25) is 11.8 Å². The molecule has 9 heteroatoms. The molecular formula is C20H31N5O4. The van der Waals surface area contributed by atoms with E-state index in [1.54, 1.807) is 4.90 Å². The van der Waals surface area contributed by atoms with E-state index in [-0.39, 0.29) is 30.2 Å². The van der Waals surface area contributed by atoms with E-state index in [9.17, 15) is 19.2 Å². The maximum absolute atomic E-state index is 13.0. The summed E-state index contributed by atoms with van der Waals surface area (Å²) in [7, 11) is 0. The van der Waals surface area contributed by atoms with Crippen LogP contribution in [0.4, 0.5) is 4.79 Å². The summed E-state index contributed by atoms with van der Waals surface area (Å²) in [4.78, 5) is 55.0. The number of nitrogens with one attached hydrogen (secondary N) is 2. The zero-order valence-corrected chi connectivity index (χ0v) is 17.1. The molecule has 2 saturated heterocycles. The maximum Gasteiger partial charge on any atom is 0.325 e. The first-order chi connectivity index (χ1) is 13.9. The van der Waals surface area contributed by atoms with Crippen LogP contribution in [0.1, 0.15) is 45.4 Å². The molecule has 0 radical (unpaired) electrons. The van der Waals surface area contributed by atoms with Gasteiger partial charge in [-0.25, -0.2) is 4.79 Å². The SMILES string of the molecule is C[C@H]1CCCC[C@]12NC(=O)N(CC(=O)N1CCN(CC(=O)NC3CC3)CC1)C2=O. The summed E-state index contributed by atoms with van der Waals surface area (Å²) in [6, 6.07) is -0.0998. The molecule has 9 nitrogen and oxygen atoms in total. The molecule has 2 atom stereocenters. The van der Waals surface area contributed by atoms with Crippen LogP contribution in [0.15, 0.2) is 0 Å². The Balaban J connectivity index is 1.28. The highest BCUT2D eigenvalue weighted by Gasteiger charge is 2.55. The summed E-state index contributed by atoms with van der Waals surface area (Å²) >= 11 is 0. The average Bonchev–Trinajstić information content (AvgIpc) is 3.47. The molecule has 1 spiro atoms. The fraction of sp³-hybridized carbons (Fsp3) is 0.800. The zero-order chi connectivity index (χ0) is 20.6. The van der Waals surface area contributed by atoms with Gasteiger partial charge in [-0.2, -0.15) is 0 Å². The number of imide groups is 1. The molecule has 0 unspecified atom stereocenters. The van der Waals surface area contributed by atoms with Gasteiger partial charge in [0, 0.05) is 32.2 Å². The molecule has 160 valence electrons. The molecule has 29 heavy (non-hydrogen) atoms. The van der Waals surface area contributed by atoms with Crippen LogP contribution in [0, 0.1) is 5.92 Å². The molecule has 4 aliphatic rings. The number of hydrogen-bond acceptors (Lipinski definition) is 5. The minimum Gasteiger partial charge on any atom is -0.352 e. The lowest BCUT2D eigenvalue weighted by Gasteiger charge is -2.37. The third-order valence-corrected chi connectivity index (χ3v) is 6.83. The third-order valence-electron chi connectivity index (χ3n) is 6.83. The van der Waals surface area contributed by atoms with Crippen LogP contribution in [-0.2, 0) is 14.4 Å². The predicted molar refractivity (Wildman–Crippen MR) is 105 cm³/mol. The number of rotatable bonds is 5. The van der Waals surface area contributed by atoms with Crippen LogP contribution in [0.25, 0.3) is 0 Å². The topological polar surface area (TPSA) is 102 Å². The van der Waals surface area contributed by atoms with Gasteiger partial charge >= 0.3 is 6.03 Å². The van der Waals surface area contributed by atoms with Crippen LogP contribution < -0.4 is 10.6 Å². The molecule has 0 aromatic rings. The highest BCUT2D eigenvalue weighted by Crippen LogP contribution is 2.38. The van der Waals surface area contributed by atoms with E-state index < -0.39 is 11.6 Å². The summed E-state index contributed by atoms with van der Waals surface area (Å²) in [5.74, 6) is -0.342. The first-order valence-corrected chi connectivity index (χ1v) is 10.8. The average molecular weight is 405 g/mol. The fourth-order valence-electron chi connectivity index (χ4n) is 4.73. The van der Waals surface area contributed by atoms with Gasteiger partial charge in [0.15, 0.2) is 0 Å². The number of amides is 5. The Kier molecular flexibility index (Phi) is 5.50. The van der Waals surface area contributed by atoms with Gasteiger partial charge in [-0.05, 0) is 31.6 Å². The Hall–Kier alpha value is -2.16. The van der Waals surface area contributed by atoms with E-state index >= 15 is 0 Å². The van der Waals surface area contributed by atoms with Crippen molar-refractivity contribution in [2.45, 2.75) is 57.0 Å². The van der Waals surface area contributed by atoms with Gasteiger partial charge in [-0.3, -0.25) is 24.2 Å². The van der Waals surface area contributed by atoms with Gasteiger partial charge < -0.3 is 15.5 Å². The number of nitrogens with zero attached hydrogens (tertiary/aromatic N) is 3. The van der Waals surface area contributed by atoms with E-state index in [1.807, 2.05) is 11.8 Å². The Morgan fingerprint density at radius 1 is 1.07 bits per heavy atom. The maximum atomic E-state index is 13.0. The van der Waals surface area contributed by atoms with Crippen molar-refractivity contribution in [3.05, 3.63) is 0 Å². The van der Waals surface area contributed by atoms with E-state index in [0.717, 1.165) is 37.0 Å². The van der Waals surface area contributed by atoms with Crippen molar-refractivity contribution >= 4 is 23.8 Å². The van der Waals surface area contributed by atoms with E-state index in [2.05, 4.69) is 10.6 Å². The monoisotopic (exact) mass is 405 g/mol. The second-order valence-electron chi connectivity index (χ2n) is 8.94. The first-order valence-electron chi connectivity index (χ1n) is 10.8. The van der Waals surface area contributed by atoms with Gasteiger partial charge in [-0.1, -0.05) is 19.8 Å². The normalized spacial score (nSPS) is 30.6. The van der Waals surface area contributed by atoms with Crippen molar-refractivity contribution in [1.82, 2.24) is 25.3 Å². The Morgan fingerprint density at radius 2 is 1.79 bits per heavy atom. The number of carbonyl (C=O) groups is 4. The van der Waals surface area contributed by atoms with Gasteiger partial charge in [-0.15, -0.1) is 0 Å². The Morgan fingerprint density at radius 3 is 2.45 bits per heavy atom. The van der Waals surface area contributed by atoms with E-state index in [4.69, 9.17) is 0 Å². The second-order valence-corrected chi connectivity index (χ2v) is 8.94. The molecule has 0 bridgehead atoms. The van der Waals surface area contributed by atoms with E-state index in [0.29, 0.717) is 45.2 Å². The predicted octanol–water partition coefficient (Wildman–Crippen LogP) is -0.0901. The summed E-state index contributed by atoms with van der Waals surface area (Å²) in [5.41, 5.74) is -0.830. The fourth-order valence-corrected chi connectivity index (χ4v) is 4.73. The van der Waals surface area contributed by atoms with Gasteiger partial charge in [0.25, 0.3) is 5.91 Å². The van der Waals surface area contributed by atoms with Crippen molar-refractivity contribution in [3.8, 4) is 0 Å². The lowest BCUT2D eigenvalue weighted by atomic mass is 9.73. The molecule has 4 fully saturated rings. The summed E-state index contributed by atoms with van der Waals surface area (Å²) < 4.78 is 0. The minimum absolute atomic E-state index is 0.0403. The largest absolute Gasteiger partial charge is 0.352 e. The second kappa shape index (κ2) is 7.93. The summed E-state index contributed by atoms with van der Waals surface area (Å²) in [5, 5.41) is 5.87. The molecule has 2 N–H and O–H groups in total. The van der Waals surface area contributed by atoms with Crippen LogP contribution in [0.5, 0.6) is 0 Å². The van der Waals surface area contributed by atoms with E-state index in [1.165, 1.54) is 0 Å². The molecular weight excluding hydrogens is 374 g/mol. The molecule has 2 saturated carbocycles. The third kappa shape index (κ3) is 4.10. The zero-order valence-electron chi connectivity index (χ0n) is 17.1. The highest BCUT2D eigenvalue weighted by atomic mass is 16.2. The molecule has 4 rings (SSSR count). The Bertz CT molecular complexity index is 701. The van der Waals surface area contributed by atoms with Crippen LogP contribution in [0.2, 0.25) is 0 Å². The molecule has 0 aromatic carbocycles. The number of urea groups is 1.